The Labute approximate surface area is 102 Å². The fraction of sp³-hybridized carbons (Fsp3) is 0.500. The highest BCUT2D eigenvalue weighted by Crippen LogP contribution is 2.36. The molecule has 1 aromatic heterocycles. The molecule has 0 aliphatic heterocycles. The number of nitrogens with two attached hydrogens (primary N) is 1. The van der Waals surface area contributed by atoms with Crippen LogP contribution in [0.5, 0.6) is 0 Å². The first kappa shape index (κ1) is 10.6. The number of fused-ring (bicyclic) bond motifs is 1. The fourth-order valence-electron chi connectivity index (χ4n) is 2.62. The Balaban J connectivity index is 2.16. The average molecular weight is 229 g/mol. The first-order valence-electron chi connectivity index (χ1n) is 6.56. The number of aryl methyl sites for hydroxylation is 1. The lowest BCUT2D eigenvalue weighted by Gasteiger charge is -2.29. The van der Waals surface area contributed by atoms with E-state index in [1.807, 2.05) is 12.1 Å². The van der Waals surface area contributed by atoms with E-state index in [-0.39, 0.29) is 0 Å². The van der Waals surface area contributed by atoms with Crippen molar-refractivity contribution in [3.63, 3.8) is 0 Å². The van der Waals surface area contributed by atoms with Crippen LogP contribution >= 0.6 is 0 Å². The van der Waals surface area contributed by atoms with Crippen molar-refractivity contribution >= 4 is 16.7 Å². The molecule has 1 fully saturated rings. The minimum atomic E-state index is 0.671. The van der Waals surface area contributed by atoms with Gasteiger partial charge in [0.25, 0.3) is 0 Å². The van der Waals surface area contributed by atoms with E-state index in [4.69, 9.17) is 10.7 Å². The molecule has 2 aromatic rings. The summed E-state index contributed by atoms with van der Waals surface area (Å²) in [5.41, 5.74) is 8.95. The Morgan fingerprint density at radius 1 is 1.41 bits per heavy atom. The number of aromatic nitrogens is 2. The van der Waals surface area contributed by atoms with Crippen LogP contribution in [0, 0.1) is 0 Å². The van der Waals surface area contributed by atoms with Crippen LogP contribution in [0.2, 0.25) is 0 Å². The molecule has 2 N–H and O–H groups in total. The van der Waals surface area contributed by atoms with Crippen molar-refractivity contribution in [3.05, 3.63) is 24.0 Å². The van der Waals surface area contributed by atoms with Gasteiger partial charge in [0.15, 0.2) is 0 Å². The molecular formula is C14H19N3. The second kappa shape index (κ2) is 4.06. The number of imidazole rings is 1. The van der Waals surface area contributed by atoms with Crippen LogP contribution in [-0.2, 0) is 6.42 Å². The molecule has 0 spiro atoms. The van der Waals surface area contributed by atoms with Gasteiger partial charge in [-0.05, 0) is 43.9 Å². The Morgan fingerprint density at radius 2 is 2.24 bits per heavy atom. The van der Waals surface area contributed by atoms with Gasteiger partial charge in [0, 0.05) is 18.2 Å². The quantitative estimate of drug-likeness (QED) is 0.821. The van der Waals surface area contributed by atoms with Crippen molar-refractivity contribution in [2.45, 2.75) is 45.1 Å². The molecule has 90 valence electrons. The summed E-state index contributed by atoms with van der Waals surface area (Å²) in [6.07, 6.45) is 6.15. The van der Waals surface area contributed by atoms with Crippen molar-refractivity contribution in [3.8, 4) is 0 Å². The van der Waals surface area contributed by atoms with Crippen LogP contribution in [0.25, 0.3) is 11.0 Å². The van der Waals surface area contributed by atoms with Gasteiger partial charge in [0.1, 0.15) is 5.82 Å². The first-order chi connectivity index (χ1) is 8.29. The summed E-state index contributed by atoms with van der Waals surface area (Å²) in [5, 5.41) is 0. The van der Waals surface area contributed by atoms with Crippen LogP contribution in [-0.4, -0.2) is 9.55 Å². The summed E-state index contributed by atoms with van der Waals surface area (Å²) in [5.74, 6) is 1.23. The number of rotatable bonds is 3. The zero-order chi connectivity index (χ0) is 11.8. The van der Waals surface area contributed by atoms with Gasteiger partial charge in [-0.3, -0.25) is 0 Å². The molecule has 3 nitrogen and oxygen atoms in total. The molecule has 1 aliphatic rings. The fourth-order valence-corrected chi connectivity index (χ4v) is 2.62. The number of benzene rings is 1. The minimum absolute atomic E-state index is 0.671. The average Bonchev–Trinajstić information content (AvgIpc) is 2.55. The largest absolute Gasteiger partial charge is 0.399 e. The Hall–Kier alpha value is -1.51. The Bertz CT molecular complexity index is 538. The van der Waals surface area contributed by atoms with Gasteiger partial charge in [-0.1, -0.05) is 6.92 Å². The second-order valence-electron chi connectivity index (χ2n) is 4.98. The van der Waals surface area contributed by atoms with Crippen LogP contribution in [0.4, 0.5) is 5.69 Å². The lowest BCUT2D eigenvalue weighted by atomic mass is 9.92. The van der Waals surface area contributed by atoms with Gasteiger partial charge in [0.2, 0.25) is 0 Å². The van der Waals surface area contributed by atoms with Crippen LogP contribution < -0.4 is 5.73 Å². The van der Waals surface area contributed by atoms with E-state index >= 15 is 0 Å². The van der Waals surface area contributed by atoms with Crippen molar-refractivity contribution in [1.29, 1.82) is 0 Å². The third-order valence-electron chi connectivity index (χ3n) is 3.70. The normalized spacial score (nSPS) is 16.3. The molecular weight excluding hydrogens is 210 g/mol. The van der Waals surface area contributed by atoms with Crippen LogP contribution in [0.15, 0.2) is 18.2 Å². The van der Waals surface area contributed by atoms with Gasteiger partial charge in [-0.15, -0.1) is 0 Å². The smallest absolute Gasteiger partial charge is 0.110 e. The molecule has 0 amide bonds. The predicted molar refractivity (Wildman–Crippen MR) is 71.0 cm³/mol. The highest BCUT2D eigenvalue weighted by Gasteiger charge is 2.24. The summed E-state index contributed by atoms with van der Waals surface area (Å²) >= 11 is 0. The predicted octanol–water partition coefficient (Wildman–Crippen LogP) is 3.30. The van der Waals surface area contributed by atoms with Gasteiger partial charge >= 0.3 is 0 Å². The molecule has 1 aromatic carbocycles. The van der Waals surface area contributed by atoms with E-state index in [1.165, 1.54) is 30.6 Å². The molecule has 1 heterocycles. The molecule has 0 unspecified atom stereocenters. The molecule has 0 saturated heterocycles. The molecule has 1 saturated carbocycles. The van der Waals surface area contributed by atoms with Gasteiger partial charge in [0.05, 0.1) is 11.0 Å². The molecule has 1 aliphatic carbocycles. The zero-order valence-corrected chi connectivity index (χ0v) is 10.3. The molecule has 3 rings (SSSR count). The number of hydrogen-bond acceptors (Lipinski definition) is 2. The van der Waals surface area contributed by atoms with Crippen molar-refractivity contribution in [1.82, 2.24) is 9.55 Å². The van der Waals surface area contributed by atoms with E-state index < -0.39 is 0 Å². The number of nitrogens with zero attached hydrogens (tertiary/aromatic N) is 2. The Kier molecular flexibility index (Phi) is 2.54. The summed E-state index contributed by atoms with van der Waals surface area (Å²) in [7, 11) is 0. The number of hydrogen-bond donors (Lipinski definition) is 1. The van der Waals surface area contributed by atoms with E-state index in [1.54, 1.807) is 0 Å². The maximum absolute atomic E-state index is 5.83. The monoisotopic (exact) mass is 229 g/mol. The lowest BCUT2D eigenvalue weighted by molar-refractivity contribution is 0.313. The number of nitrogen functional groups attached to an aromatic ring is 1. The highest BCUT2D eigenvalue weighted by molar-refractivity contribution is 5.79. The topological polar surface area (TPSA) is 43.8 Å². The Morgan fingerprint density at radius 3 is 2.88 bits per heavy atom. The van der Waals surface area contributed by atoms with Crippen molar-refractivity contribution in [2.75, 3.05) is 5.73 Å². The molecule has 0 bridgehead atoms. The SMILES string of the molecule is CCCc1nc2cc(N)ccc2n1C1CCC1. The standard InChI is InChI=1S/C14H19N3/c1-2-4-14-16-12-9-10(15)7-8-13(12)17(14)11-5-3-6-11/h7-9,11H,2-6,15H2,1H3. The van der Waals surface area contributed by atoms with Crippen molar-refractivity contribution in [2.24, 2.45) is 0 Å². The van der Waals surface area contributed by atoms with E-state index in [0.29, 0.717) is 6.04 Å². The van der Waals surface area contributed by atoms with Crippen LogP contribution in [0.3, 0.4) is 0 Å². The highest BCUT2D eigenvalue weighted by atomic mass is 15.1. The first-order valence-corrected chi connectivity index (χ1v) is 6.56. The summed E-state index contributed by atoms with van der Waals surface area (Å²) < 4.78 is 2.45. The third kappa shape index (κ3) is 1.70. The maximum atomic E-state index is 5.83. The minimum Gasteiger partial charge on any atom is -0.399 e. The van der Waals surface area contributed by atoms with E-state index in [9.17, 15) is 0 Å². The molecule has 0 radical (unpaired) electrons. The summed E-state index contributed by atoms with van der Waals surface area (Å²) in [6, 6.07) is 6.76. The summed E-state index contributed by atoms with van der Waals surface area (Å²) in [4.78, 5) is 4.75. The van der Waals surface area contributed by atoms with E-state index in [0.717, 1.165) is 24.0 Å². The molecule has 17 heavy (non-hydrogen) atoms. The van der Waals surface area contributed by atoms with Gasteiger partial charge in [-0.25, -0.2) is 4.98 Å². The van der Waals surface area contributed by atoms with Gasteiger partial charge < -0.3 is 10.3 Å². The third-order valence-corrected chi connectivity index (χ3v) is 3.70. The van der Waals surface area contributed by atoms with Crippen molar-refractivity contribution < 1.29 is 0 Å². The van der Waals surface area contributed by atoms with E-state index in [2.05, 4.69) is 17.6 Å². The zero-order valence-electron chi connectivity index (χ0n) is 10.3. The molecule has 0 atom stereocenters. The number of anilines is 1. The lowest BCUT2D eigenvalue weighted by Crippen LogP contribution is -2.19. The second-order valence-corrected chi connectivity index (χ2v) is 4.98. The molecule has 3 heteroatoms. The maximum Gasteiger partial charge on any atom is 0.110 e. The van der Waals surface area contributed by atoms with Crippen LogP contribution in [0.1, 0.15) is 44.5 Å². The summed E-state index contributed by atoms with van der Waals surface area (Å²) in [6.45, 7) is 2.21. The van der Waals surface area contributed by atoms with Gasteiger partial charge in [-0.2, -0.15) is 0 Å².